The Hall–Kier alpha value is -2.72. The lowest BCUT2D eigenvalue weighted by Crippen LogP contribution is -2.27. The fourth-order valence-electron chi connectivity index (χ4n) is 5.20. The number of unbranched alkanes of at least 4 members (excludes halogenated alkanes) is 8. The Morgan fingerprint density at radius 3 is 1.81 bits per heavy atom. The van der Waals surface area contributed by atoms with Crippen LogP contribution in [0.15, 0.2) is 60.9 Å². The van der Waals surface area contributed by atoms with Gasteiger partial charge in [-0.1, -0.05) is 128 Å². The predicted octanol–water partition coefficient (Wildman–Crippen LogP) is 10.9. The molecule has 0 aliphatic rings. The van der Waals surface area contributed by atoms with Gasteiger partial charge in [0.2, 0.25) is 0 Å². The molecule has 228 valence electrons. The molecule has 0 aliphatic carbocycles. The molecule has 42 heavy (non-hydrogen) atoms. The number of carbonyl (C=O) groups excluding carboxylic acids is 1. The van der Waals surface area contributed by atoms with Crippen LogP contribution in [0.5, 0.6) is 5.75 Å². The maximum Gasteiger partial charge on any atom is 0.329 e. The van der Waals surface area contributed by atoms with Crippen LogP contribution in [0.1, 0.15) is 110 Å². The molecule has 1 aromatic heterocycles. The molecule has 0 bridgehead atoms. The molecular formula is C37H51ClN2O2. The van der Waals surface area contributed by atoms with Gasteiger partial charge >= 0.3 is 5.97 Å². The summed E-state index contributed by atoms with van der Waals surface area (Å²) < 4.78 is 5.57. The van der Waals surface area contributed by atoms with E-state index in [1.807, 2.05) is 43.6 Å². The van der Waals surface area contributed by atoms with Crippen molar-refractivity contribution in [2.24, 2.45) is 11.8 Å². The minimum atomic E-state index is -0.643. The maximum absolute atomic E-state index is 12.6. The average molecular weight is 591 g/mol. The Labute approximate surface area is 259 Å². The highest BCUT2D eigenvalue weighted by molar-refractivity contribution is 6.30. The molecule has 4 nitrogen and oxygen atoms in total. The van der Waals surface area contributed by atoms with Crippen LogP contribution in [0.4, 0.5) is 0 Å². The van der Waals surface area contributed by atoms with Crippen molar-refractivity contribution in [2.75, 3.05) is 0 Å². The van der Waals surface area contributed by atoms with E-state index in [0.29, 0.717) is 11.7 Å². The van der Waals surface area contributed by atoms with E-state index in [2.05, 4.69) is 55.0 Å². The van der Waals surface area contributed by atoms with Gasteiger partial charge in [-0.25, -0.2) is 9.97 Å². The molecule has 5 heteroatoms. The lowest BCUT2D eigenvalue weighted by molar-refractivity contribution is -0.134. The summed E-state index contributed by atoms with van der Waals surface area (Å²) in [5, 5.41) is -0.643. The first-order valence-corrected chi connectivity index (χ1v) is 16.7. The van der Waals surface area contributed by atoms with Crippen LogP contribution < -0.4 is 4.74 Å². The standard InChI is InChI=1S/C37H51ClN2O2/c1-5-6-7-8-9-10-11-12-13-17-30-26-39-36(40-27-30)33-20-18-31(19-21-33)32-22-24-34(25-23-32)42-37(41)35(38)29(4)16-14-15-28(2)3/h18-29,35H,5-17H2,1-4H3. The van der Waals surface area contributed by atoms with Gasteiger partial charge in [0.15, 0.2) is 5.82 Å². The van der Waals surface area contributed by atoms with Crippen LogP contribution in [0.25, 0.3) is 22.5 Å². The Balaban J connectivity index is 1.43. The minimum absolute atomic E-state index is 0.0793. The Morgan fingerprint density at radius 2 is 1.24 bits per heavy atom. The van der Waals surface area contributed by atoms with E-state index in [1.54, 1.807) is 0 Å². The van der Waals surface area contributed by atoms with Gasteiger partial charge in [0, 0.05) is 18.0 Å². The van der Waals surface area contributed by atoms with Gasteiger partial charge < -0.3 is 4.74 Å². The first-order chi connectivity index (χ1) is 20.4. The number of alkyl halides is 1. The molecule has 0 radical (unpaired) electrons. The largest absolute Gasteiger partial charge is 0.425 e. The normalized spacial score (nSPS) is 12.8. The zero-order valence-corrected chi connectivity index (χ0v) is 27.0. The first-order valence-electron chi connectivity index (χ1n) is 16.2. The third kappa shape index (κ3) is 11.9. The van der Waals surface area contributed by atoms with E-state index in [1.165, 1.54) is 63.4 Å². The fourth-order valence-corrected chi connectivity index (χ4v) is 5.37. The highest BCUT2D eigenvalue weighted by Crippen LogP contribution is 2.27. The summed E-state index contributed by atoms with van der Waals surface area (Å²) in [6.07, 6.45) is 20.2. The summed E-state index contributed by atoms with van der Waals surface area (Å²) in [5.74, 6) is 1.61. The van der Waals surface area contributed by atoms with Crippen LogP contribution in [0.2, 0.25) is 0 Å². The monoisotopic (exact) mass is 590 g/mol. The van der Waals surface area contributed by atoms with Crippen molar-refractivity contribution in [1.29, 1.82) is 0 Å². The van der Waals surface area contributed by atoms with Gasteiger partial charge in [0.05, 0.1) is 0 Å². The molecule has 0 spiro atoms. The van der Waals surface area contributed by atoms with Gasteiger partial charge in [-0.3, -0.25) is 4.79 Å². The van der Waals surface area contributed by atoms with E-state index in [-0.39, 0.29) is 11.9 Å². The Morgan fingerprint density at radius 1 is 0.714 bits per heavy atom. The molecule has 1 heterocycles. The van der Waals surface area contributed by atoms with Gasteiger partial charge in [-0.2, -0.15) is 0 Å². The maximum atomic E-state index is 12.6. The molecule has 0 saturated carbocycles. The smallest absolute Gasteiger partial charge is 0.329 e. The van der Waals surface area contributed by atoms with Crippen molar-refractivity contribution in [2.45, 2.75) is 117 Å². The zero-order chi connectivity index (χ0) is 30.2. The molecule has 0 fully saturated rings. The number of ether oxygens (including phenoxy) is 1. The van der Waals surface area contributed by atoms with Crippen molar-refractivity contribution >= 4 is 17.6 Å². The number of rotatable bonds is 19. The number of hydrogen-bond donors (Lipinski definition) is 0. The number of benzene rings is 2. The number of hydrogen-bond acceptors (Lipinski definition) is 4. The highest BCUT2D eigenvalue weighted by atomic mass is 35.5. The van der Waals surface area contributed by atoms with Crippen molar-refractivity contribution in [3.05, 3.63) is 66.5 Å². The minimum Gasteiger partial charge on any atom is -0.425 e. The topological polar surface area (TPSA) is 52.1 Å². The van der Waals surface area contributed by atoms with E-state index >= 15 is 0 Å². The summed E-state index contributed by atoms with van der Waals surface area (Å²) in [7, 11) is 0. The van der Waals surface area contributed by atoms with Gasteiger partial charge in [-0.15, -0.1) is 11.6 Å². The second-order valence-corrected chi connectivity index (χ2v) is 12.7. The predicted molar refractivity (Wildman–Crippen MR) is 177 cm³/mol. The number of aryl methyl sites for hydroxylation is 1. The van der Waals surface area contributed by atoms with E-state index in [4.69, 9.17) is 16.3 Å². The summed E-state index contributed by atoms with van der Waals surface area (Å²) in [6.45, 7) is 8.71. The number of halogens is 1. The molecule has 2 atom stereocenters. The van der Waals surface area contributed by atoms with Crippen molar-refractivity contribution < 1.29 is 9.53 Å². The van der Waals surface area contributed by atoms with E-state index in [0.717, 1.165) is 48.2 Å². The number of carbonyl (C=O) groups is 1. The molecule has 0 aliphatic heterocycles. The molecule has 2 aromatic carbocycles. The summed E-state index contributed by atoms with van der Waals surface area (Å²) in [6, 6.07) is 15.8. The fraction of sp³-hybridized carbons (Fsp3) is 0.541. The van der Waals surface area contributed by atoms with Crippen LogP contribution >= 0.6 is 11.6 Å². The van der Waals surface area contributed by atoms with Crippen LogP contribution in [-0.4, -0.2) is 21.3 Å². The second kappa shape index (κ2) is 18.7. The third-order valence-electron chi connectivity index (χ3n) is 7.99. The summed E-state index contributed by atoms with van der Waals surface area (Å²) in [4.78, 5) is 21.8. The van der Waals surface area contributed by atoms with Gasteiger partial charge in [-0.05, 0) is 59.9 Å². The zero-order valence-electron chi connectivity index (χ0n) is 26.3. The molecule has 0 amide bonds. The molecule has 2 unspecified atom stereocenters. The molecule has 3 aromatic rings. The van der Waals surface area contributed by atoms with Gasteiger partial charge in [0.1, 0.15) is 11.1 Å². The van der Waals surface area contributed by atoms with Crippen LogP contribution in [0.3, 0.4) is 0 Å². The van der Waals surface area contributed by atoms with Crippen molar-refractivity contribution in [1.82, 2.24) is 9.97 Å². The average Bonchev–Trinajstić information content (AvgIpc) is 3.00. The third-order valence-corrected chi connectivity index (χ3v) is 8.60. The van der Waals surface area contributed by atoms with Crippen molar-refractivity contribution in [3.8, 4) is 28.3 Å². The molecular weight excluding hydrogens is 540 g/mol. The number of esters is 1. The lowest BCUT2D eigenvalue weighted by Gasteiger charge is -2.17. The quantitative estimate of drug-likeness (QED) is 0.0603. The molecule has 0 saturated heterocycles. The van der Waals surface area contributed by atoms with E-state index < -0.39 is 5.38 Å². The SMILES string of the molecule is CCCCCCCCCCCc1cnc(-c2ccc(-c3ccc(OC(=O)C(Cl)C(C)CCCC(C)C)cc3)cc2)nc1. The lowest BCUT2D eigenvalue weighted by atomic mass is 9.97. The van der Waals surface area contributed by atoms with E-state index in [9.17, 15) is 4.79 Å². The van der Waals surface area contributed by atoms with Crippen LogP contribution in [0, 0.1) is 11.8 Å². The molecule has 0 N–H and O–H groups in total. The molecule has 3 rings (SSSR count). The van der Waals surface area contributed by atoms with Crippen LogP contribution in [-0.2, 0) is 11.2 Å². The highest BCUT2D eigenvalue weighted by Gasteiger charge is 2.24. The number of aromatic nitrogens is 2. The second-order valence-electron chi connectivity index (χ2n) is 12.2. The number of nitrogens with zero attached hydrogens (tertiary/aromatic N) is 2. The first kappa shape index (κ1) is 33.8. The summed E-state index contributed by atoms with van der Waals surface area (Å²) >= 11 is 6.42. The Kier molecular flexibility index (Phi) is 15.1. The Bertz CT molecular complexity index is 1160. The summed E-state index contributed by atoms with van der Waals surface area (Å²) in [5.41, 5.74) is 4.32. The van der Waals surface area contributed by atoms with Gasteiger partial charge in [0.25, 0.3) is 0 Å². The van der Waals surface area contributed by atoms with Crippen molar-refractivity contribution in [3.63, 3.8) is 0 Å².